The van der Waals surface area contributed by atoms with Crippen LogP contribution in [0.3, 0.4) is 0 Å². The van der Waals surface area contributed by atoms with Gasteiger partial charge in [-0.05, 0) is 18.2 Å². The van der Waals surface area contributed by atoms with E-state index < -0.39 is 11.8 Å². The van der Waals surface area contributed by atoms with Crippen molar-refractivity contribution in [2.45, 2.75) is 19.8 Å². The molecule has 2 aliphatic heterocycles. The van der Waals surface area contributed by atoms with E-state index in [1.165, 1.54) is 0 Å². The summed E-state index contributed by atoms with van der Waals surface area (Å²) in [7, 11) is 0. The number of benzene rings is 1. The Bertz CT molecular complexity index is 731. The van der Waals surface area contributed by atoms with Crippen molar-refractivity contribution in [3.8, 4) is 0 Å². The van der Waals surface area contributed by atoms with E-state index in [4.69, 9.17) is 17.3 Å². The molecule has 2 saturated heterocycles. The normalized spacial score (nSPS) is 20.6. The summed E-state index contributed by atoms with van der Waals surface area (Å²) < 4.78 is 0. The summed E-state index contributed by atoms with van der Waals surface area (Å²) in [6.07, 6.45) is 0.660. The van der Waals surface area contributed by atoms with Gasteiger partial charge in [-0.25, -0.2) is 0 Å². The molecule has 0 bridgehead atoms. The van der Waals surface area contributed by atoms with Gasteiger partial charge in [-0.1, -0.05) is 18.5 Å². The van der Waals surface area contributed by atoms with Gasteiger partial charge in [0.25, 0.3) is 0 Å². The van der Waals surface area contributed by atoms with E-state index in [1.54, 1.807) is 11.0 Å². The van der Waals surface area contributed by atoms with E-state index in [1.807, 2.05) is 24.0 Å². The zero-order valence-electron chi connectivity index (χ0n) is 14.8. The van der Waals surface area contributed by atoms with E-state index in [2.05, 4.69) is 4.90 Å². The number of amides is 3. The molecule has 1 aromatic carbocycles. The first-order valence-corrected chi connectivity index (χ1v) is 9.20. The molecule has 8 heteroatoms. The van der Waals surface area contributed by atoms with Crippen molar-refractivity contribution < 1.29 is 14.4 Å². The zero-order valence-corrected chi connectivity index (χ0v) is 15.5. The third-order valence-corrected chi connectivity index (χ3v) is 5.35. The number of carbonyl (C=O) groups is 3. The van der Waals surface area contributed by atoms with Gasteiger partial charge >= 0.3 is 0 Å². The number of nitrogens with two attached hydrogens (primary N) is 1. The fourth-order valence-electron chi connectivity index (χ4n) is 3.49. The van der Waals surface area contributed by atoms with Crippen LogP contribution in [-0.2, 0) is 14.4 Å². The first kappa shape index (κ1) is 18.5. The fourth-order valence-corrected chi connectivity index (χ4v) is 3.78. The quantitative estimate of drug-likeness (QED) is 0.853. The molecule has 0 spiro atoms. The van der Waals surface area contributed by atoms with E-state index in [-0.39, 0.29) is 18.2 Å². The van der Waals surface area contributed by atoms with Gasteiger partial charge in [0.2, 0.25) is 17.7 Å². The van der Waals surface area contributed by atoms with Crippen molar-refractivity contribution in [2.24, 2.45) is 11.7 Å². The standard InChI is InChI=1S/C18H23ClN4O3/c1-2-16(24)22-7-5-21(6-8-22)15-4-3-13(10-14(15)19)23-11-12(18(20)26)9-17(23)25/h3-4,10,12H,2,5-9,11H2,1H3,(H2,20,26)/t12-/m1/s1. The highest BCUT2D eigenvalue weighted by Crippen LogP contribution is 2.33. The second-order valence-corrected chi connectivity index (χ2v) is 7.07. The van der Waals surface area contributed by atoms with Crippen LogP contribution >= 0.6 is 11.6 Å². The maximum atomic E-state index is 12.1. The number of anilines is 2. The Labute approximate surface area is 157 Å². The van der Waals surface area contributed by atoms with Crippen LogP contribution in [0.25, 0.3) is 0 Å². The van der Waals surface area contributed by atoms with E-state index >= 15 is 0 Å². The van der Waals surface area contributed by atoms with Gasteiger partial charge in [-0.2, -0.15) is 0 Å². The van der Waals surface area contributed by atoms with Crippen LogP contribution in [0.15, 0.2) is 18.2 Å². The molecule has 0 aromatic heterocycles. The Balaban J connectivity index is 1.70. The monoisotopic (exact) mass is 378 g/mol. The molecule has 1 atom stereocenters. The molecule has 0 unspecified atom stereocenters. The number of nitrogens with zero attached hydrogens (tertiary/aromatic N) is 3. The van der Waals surface area contributed by atoms with Crippen LogP contribution in [0.4, 0.5) is 11.4 Å². The lowest BCUT2D eigenvalue weighted by atomic mass is 10.1. The summed E-state index contributed by atoms with van der Waals surface area (Å²) in [5.74, 6) is -0.861. The molecule has 2 N–H and O–H groups in total. The first-order chi connectivity index (χ1) is 12.4. The second kappa shape index (κ2) is 7.53. The molecular weight excluding hydrogens is 356 g/mol. The molecule has 7 nitrogen and oxygen atoms in total. The molecule has 2 aliphatic rings. The van der Waals surface area contributed by atoms with Crippen molar-refractivity contribution in [3.05, 3.63) is 23.2 Å². The summed E-state index contributed by atoms with van der Waals surface area (Å²) in [6.45, 7) is 4.95. The van der Waals surface area contributed by atoms with Gasteiger partial charge in [0.05, 0.1) is 16.6 Å². The maximum Gasteiger partial charge on any atom is 0.227 e. The molecule has 0 saturated carbocycles. The molecule has 3 amide bonds. The van der Waals surface area contributed by atoms with E-state index in [9.17, 15) is 14.4 Å². The average Bonchev–Trinajstić information content (AvgIpc) is 3.03. The summed E-state index contributed by atoms with van der Waals surface area (Å²) in [5.41, 5.74) is 6.88. The first-order valence-electron chi connectivity index (χ1n) is 8.82. The van der Waals surface area contributed by atoms with E-state index in [0.717, 1.165) is 18.8 Å². The SMILES string of the molecule is CCC(=O)N1CCN(c2ccc(N3C[C@H](C(N)=O)CC3=O)cc2Cl)CC1. The molecule has 2 fully saturated rings. The summed E-state index contributed by atoms with van der Waals surface area (Å²) >= 11 is 6.46. The van der Waals surface area contributed by atoms with Gasteiger partial charge in [0.15, 0.2) is 0 Å². The lowest BCUT2D eigenvalue weighted by Gasteiger charge is -2.36. The number of halogens is 1. The Hall–Kier alpha value is -2.28. The smallest absolute Gasteiger partial charge is 0.227 e. The van der Waals surface area contributed by atoms with Crippen LogP contribution in [0.1, 0.15) is 19.8 Å². The van der Waals surface area contributed by atoms with Crippen LogP contribution in [0.2, 0.25) is 5.02 Å². The molecule has 1 aromatic rings. The third-order valence-electron chi connectivity index (χ3n) is 5.05. The predicted molar refractivity (Wildman–Crippen MR) is 100 cm³/mol. The Morgan fingerprint density at radius 1 is 1.23 bits per heavy atom. The van der Waals surface area contributed by atoms with Crippen LogP contribution in [-0.4, -0.2) is 55.3 Å². The largest absolute Gasteiger partial charge is 0.369 e. The maximum absolute atomic E-state index is 12.1. The minimum atomic E-state index is -0.455. The Morgan fingerprint density at radius 3 is 2.46 bits per heavy atom. The number of hydrogen-bond acceptors (Lipinski definition) is 4. The van der Waals surface area contributed by atoms with Crippen LogP contribution in [0, 0.1) is 5.92 Å². The molecule has 3 rings (SSSR count). The molecule has 2 heterocycles. The van der Waals surface area contributed by atoms with Gasteiger partial charge in [0, 0.05) is 51.3 Å². The van der Waals surface area contributed by atoms with E-state index in [0.29, 0.717) is 36.8 Å². The summed E-state index contributed by atoms with van der Waals surface area (Å²) in [5, 5.41) is 0.549. The van der Waals surface area contributed by atoms with Crippen molar-refractivity contribution >= 4 is 40.7 Å². The van der Waals surface area contributed by atoms with Gasteiger partial charge < -0.3 is 20.4 Å². The Morgan fingerprint density at radius 2 is 1.92 bits per heavy atom. The van der Waals surface area contributed by atoms with Crippen molar-refractivity contribution in [3.63, 3.8) is 0 Å². The van der Waals surface area contributed by atoms with Gasteiger partial charge in [-0.15, -0.1) is 0 Å². The molecular formula is C18H23ClN4O3. The third kappa shape index (κ3) is 3.62. The lowest BCUT2D eigenvalue weighted by molar-refractivity contribution is -0.131. The highest BCUT2D eigenvalue weighted by Gasteiger charge is 2.34. The number of piperazine rings is 1. The van der Waals surface area contributed by atoms with Gasteiger partial charge in [-0.3, -0.25) is 14.4 Å². The summed E-state index contributed by atoms with van der Waals surface area (Å²) in [6, 6.07) is 5.48. The minimum Gasteiger partial charge on any atom is -0.369 e. The highest BCUT2D eigenvalue weighted by atomic mass is 35.5. The zero-order chi connectivity index (χ0) is 18.8. The van der Waals surface area contributed by atoms with Crippen LogP contribution in [0.5, 0.6) is 0 Å². The number of hydrogen-bond donors (Lipinski definition) is 1. The number of primary amides is 1. The second-order valence-electron chi connectivity index (χ2n) is 6.66. The topological polar surface area (TPSA) is 86.9 Å². The number of carbonyl (C=O) groups excluding carboxylic acids is 3. The average molecular weight is 379 g/mol. The molecule has 140 valence electrons. The summed E-state index contributed by atoms with van der Waals surface area (Å²) in [4.78, 5) is 40.8. The van der Waals surface area contributed by atoms with Crippen LogP contribution < -0.4 is 15.5 Å². The molecule has 0 radical (unpaired) electrons. The predicted octanol–water partition coefficient (Wildman–Crippen LogP) is 1.24. The fraction of sp³-hybridized carbons (Fsp3) is 0.500. The molecule has 26 heavy (non-hydrogen) atoms. The highest BCUT2D eigenvalue weighted by molar-refractivity contribution is 6.33. The lowest BCUT2D eigenvalue weighted by Crippen LogP contribution is -2.48. The number of rotatable bonds is 4. The van der Waals surface area contributed by atoms with Crippen molar-refractivity contribution in [2.75, 3.05) is 42.5 Å². The Kier molecular flexibility index (Phi) is 5.36. The minimum absolute atomic E-state index is 0.121. The van der Waals surface area contributed by atoms with Gasteiger partial charge in [0.1, 0.15) is 0 Å². The molecule has 0 aliphatic carbocycles. The van der Waals surface area contributed by atoms with Crippen molar-refractivity contribution in [1.82, 2.24) is 4.90 Å². The van der Waals surface area contributed by atoms with Crippen molar-refractivity contribution in [1.29, 1.82) is 0 Å².